The lowest BCUT2D eigenvalue weighted by Gasteiger charge is -2.08. The molecular weight excluding hydrogens is 265 g/mol. The van der Waals surface area contributed by atoms with E-state index in [1.54, 1.807) is 13.0 Å². The van der Waals surface area contributed by atoms with E-state index in [1.807, 2.05) is 0 Å². The van der Waals surface area contributed by atoms with Crippen LogP contribution in [0.1, 0.15) is 11.1 Å². The SMILES string of the molecule is Cc1ccc(F)cc1-c1nc(N)c(CC(=O)O)c(=O)[nH]1. The minimum Gasteiger partial charge on any atom is -0.481 e. The van der Waals surface area contributed by atoms with Crippen molar-refractivity contribution in [3.05, 3.63) is 45.5 Å². The van der Waals surface area contributed by atoms with E-state index >= 15 is 0 Å². The number of aromatic amines is 1. The Labute approximate surface area is 113 Å². The Morgan fingerprint density at radius 1 is 1.50 bits per heavy atom. The van der Waals surface area contributed by atoms with Crippen LogP contribution in [-0.4, -0.2) is 21.0 Å². The first-order valence-corrected chi connectivity index (χ1v) is 5.75. The number of aryl methyl sites for hydroxylation is 1. The summed E-state index contributed by atoms with van der Waals surface area (Å²) in [4.78, 5) is 28.9. The molecule has 6 nitrogen and oxygen atoms in total. The third kappa shape index (κ3) is 2.66. The molecule has 0 saturated heterocycles. The van der Waals surface area contributed by atoms with Crippen LogP contribution in [0.25, 0.3) is 11.4 Å². The Hall–Kier alpha value is -2.70. The van der Waals surface area contributed by atoms with Crippen LogP contribution >= 0.6 is 0 Å². The van der Waals surface area contributed by atoms with Gasteiger partial charge in [0.2, 0.25) is 0 Å². The van der Waals surface area contributed by atoms with Gasteiger partial charge in [-0.3, -0.25) is 9.59 Å². The standard InChI is InChI=1S/C13H12FN3O3/c1-6-2-3-7(14)4-8(6)12-16-11(15)9(5-10(18)19)13(20)17-12/h2-4H,5H2,1H3,(H,18,19)(H3,15,16,17,20). The first-order chi connectivity index (χ1) is 9.38. The first-order valence-electron chi connectivity index (χ1n) is 5.75. The molecule has 7 heteroatoms. The zero-order valence-electron chi connectivity index (χ0n) is 10.6. The molecule has 0 fully saturated rings. The fourth-order valence-electron chi connectivity index (χ4n) is 1.81. The van der Waals surface area contributed by atoms with Gasteiger partial charge in [0, 0.05) is 5.56 Å². The summed E-state index contributed by atoms with van der Waals surface area (Å²) < 4.78 is 13.3. The second-order valence-corrected chi connectivity index (χ2v) is 4.31. The molecule has 4 N–H and O–H groups in total. The number of hydrogen-bond acceptors (Lipinski definition) is 4. The van der Waals surface area contributed by atoms with Crippen LogP contribution in [0.4, 0.5) is 10.2 Å². The fraction of sp³-hybridized carbons (Fsp3) is 0.154. The van der Waals surface area contributed by atoms with E-state index in [0.717, 1.165) is 0 Å². The monoisotopic (exact) mass is 277 g/mol. The van der Waals surface area contributed by atoms with Gasteiger partial charge in [-0.15, -0.1) is 0 Å². The summed E-state index contributed by atoms with van der Waals surface area (Å²) >= 11 is 0. The highest BCUT2D eigenvalue weighted by atomic mass is 19.1. The number of carboxylic acids is 1. The maximum absolute atomic E-state index is 13.3. The molecule has 0 amide bonds. The highest BCUT2D eigenvalue weighted by Gasteiger charge is 2.14. The summed E-state index contributed by atoms with van der Waals surface area (Å²) in [6.45, 7) is 1.73. The van der Waals surface area contributed by atoms with Crippen LogP contribution in [0.3, 0.4) is 0 Å². The molecule has 0 atom stereocenters. The number of carboxylic acid groups (broad SMARTS) is 1. The van der Waals surface area contributed by atoms with Crippen LogP contribution in [0.15, 0.2) is 23.0 Å². The topological polar surface area (TPSA) is 109 Å². The largest absolute Gasteiger partial charge is 0.481 e. The zero-order valence-corrected chi connectivity index (χ0v) is 10.6. The van der Waals surface area contributed by atoms with Crippen LogP contribution in [-0.2, 0) is 11.2 Å². The molecule has 0 aliphatic heterocycles. The van der Waals surface area contributed by atoms with Crippen molar-refractivity contribution in [1.29, 1.82) is 0 Å². The second-order valence-electron chi connectivity index (χ2n) is 4.31. The zero-order chi connectivity index (χ0) is 14.9. The number of hydrogen-bond donors (Lipinski definition) is 3. The number of aromatic nitrogens is 2. The number of rotatable bonds is 3. The van der Waals surface area contributed by atoms with Crippen molar-refractivity contribution in [1.82, 2.24) is 9.97 Å². The van der Waals surface area contributed by atoms with Gasteiger partial charge >= 0.3 is 5.97 Å². The molecule has 0 aliphatic carbocycles. The molecule has 0 spiro atoms. The van der Waals surface area contributed by atoms with Crippen molar-refractivity contribution >= 4 is 11.8 Å². The Kier molecular flexibility index (Phi) is 3.51. The van der Waals surface area contributed by atoms with Gasteiger partial charge in [0.15, 0.2) is 0 Å². The summed E-state index contributed by atoms with van der Waals surface area (Å²) in [5.74, 6) is -1.71. The molecule has 0 radical (unpaired) electrons. The van der Waals surface area contributed by atoms with E-state index in [0.29, 0.717) is 11.1 Å². The molecule has 0 aliphatic rings. The predicted octanol–water partition coefficient (Wildman–Crippen LogP) is 1.09. The van der Waals surface area contributed by atoms with E-state index in [9.17, 15) is 14.0 Å². The summed E-state index contributed by atoms with van der Waals surface area (Å²) in [5.41, 5.74) is 5.96. The van der Waals surface area contributed by atoms with Crippen molar-refractivity contribution in [2.24, 2.45) is 0 Å². The maximum atomic E-state index is 13.3. The minimum atomic E-state index is -1.18. The lowest BCUT2D eigenvalue weighted by molar-refractivity contribution is -0.136. The summed E-state index contributed by atoms with van der Waals surface area (Å²) in [7, 11) is 0. The average molecular weight is 277 g/mol. The van der Waals surface area contributed by atoms with Gasteiger partial charge in [-0.2, -0.15) is 0 Å². The molecule has 1 heterocycles. The molecule has 2 aromatic rings. The van der Waals surface area contributed by atoms with E-state index in [2.05, 4.69) is 9.97 Å². The lowest BCUT2D eigenvalue weighted by atomic mass is 10.1. The van der Waals surface area contributed by atoms with Crippen molar-refractivity contribution < 1.29 is 14.3 Å². The van der Waals surface area contributed by atoms with Crippen LogP contribution in [0, 0.1) is 12.7 Å². The minimum absolute atomic E-state index is 0.110. The number of halogens is 1. The van der Waals surface area contributed by atoms with Crippen molar-refractivity contribution in [3.8, 4) is 11.4 Å². The predicted molar refractivity (Wildman–Crippen MR) is 70.7 cm³/mol. The second kappa shape index (κ2) is 5.12. The number of benzene rings is 1. The number of nitrogens with zero attached hydrogens (tertiary/aromatic N) is 1. The first kappa shape index (κ1) is 13.7. The number of nitrogens with two attached hydrogens (primary N) is 1. The molecule has 0 bridgehead atoms. The van der Waals surface area contributed by atoms with Crippen molar-refractivity contribution in [2.75, 3.05) is 5.73 Å². The molecule has 20 heavy (non-hydrogen) atoms. The number of H-pyrrole nitrogens is 1. The number of nitrogens with one attached hydrogen (secondary N) is 1. The summed E-state index contributed by atoms with van der Waals surface area (Å²) in [6, 6.07) is 4.06. The van der Waals surface area contributed by atoms with Gasteiger partial charge in [-0.1, -0.05) is 6.07 Å². The quantitative estimate of drug-likeness (QED) is 0.778. The summed E-state index contributed by atoms with van der Waals surface area (Å²) in [6.07, 6.45) is -0.517. The van der Waals surface area contributed by atoms with Gasteiger partial charge in [0.05, 0.1) is 12.0 Å². The van der Waals surface area contributed by atoms with Crippen LogP contribution in [0.2, 0.25) is 0 Å². The fourth-order valence-corrected chi connectivity index (χ4v) is 1.81. The van der Waals surface area contributed by atoms with Gasteiger partial charge in [0.1, 0.15) is 17.5 Å². The number of anilines is 1. The third-order valence-corrected chi connectivity index (χ3v) is 2.83. The highest BCUT2D eigenvalue weighted by Crippen LogP contribution is 2.21. The van der Waals surface area contributed by atoms with E-state index in [-0.39, 0.29) is 17.2 Å². The molecule has 104 valence electrons. The Morgan fingerprint density at radius 2 is 2.20 bits per heavy atom. The number of carbonyl (C=O) groups is 1. The molecule has 2 rings (SSSR count). The molecular formula is C13H12FN3O3. The van der Waals surface area contributed by atoms with Gasteiger partial charge in [0.25, 0.3) is 5.56 Å². The van der Waals surface area contributed by atoms with Gasteiger partial charge in [-0.25, -0.2) is 9.37 Å². The van der Waals surface area contributed by atoms with Crippen LogP contribution < -0.4 is 11.3 Å². The molecule has 0 unspecified atom stereocenters. The third-order valence-electron chi connectivity index (χ3n) is 2.83. The smallest absolute Gasteiger partial charge is 0.308 e. The Morgan fingerprint density at radius 3 is 2.80 bits per heavy atom. The maximum Gasteiger partial charge on any atom is 0.308 e. The van der Waals surface area contributed by atoms with E-state index < -0.39 is 23.8 Å². The van der Waals surface area contributed by atoms with E-state index in [4.69, 9.17) is 10.8 Å². The van der Waals surface area contributed by atoms with Crippen molar-refractivity contribution in [2.45, 2.75) is 13.3 Å². The number of nitrogen functional groups attached to an aromatic ring is 1. The Bertz CT molecular complexity index is 740. The van der Waals surface area contributed by atoms with Gasteiger partial charge in [-0.05, 0) is 24.6 Å². The molecule has 0 saturated carbocycles. The lowest BCUT2D eigenvalue weighted by Crippen LogP contribution is -2.21. The number of aliphatic carboxylic acids is 1. The summed E-state index contributed by atoms with van der Waals surface area (Å²) in [5, 5.41) is 8.70. The normalized spacial score (nSPS) is 10.5. The Balaban J connectivity index is 2.58. The average Bonchev–Trinajstić information content (AvgIpc) is 2.36. The van der Waals surface area contributed by atoms with Gasteiger partial charge < -0.3 is 15.8 Å². The van der Waals surface area contributed by atoms with Crippen molar-refractivity contribution in [3.63, 3.8) is 0 Å². The highest BCUT2D eigenvalue weighted by molar-refractivity contribution is 5.72. The van der Waals surface area contributed by atoms with Crippen LogP contribution in [0.5, 0.6) is 0 Å². The molecule has 1 aromatic carbocycles. The van der Waals surface area contributed by atoms with E-state index in [1.165, 1.54) is 12.1 Å². The molecule has 1 aromatic heterocycles.